The van der Waals surface area contributed by atoms with Crippen molar-refractivity contribution in [3.8, 4) is 11.4 Å². The van der Waals surface area contributed by atoms with Crippen LogP contribution in [-0.2, 0) is 13.1 Å². The highest BCUT2D eigenvalue weighted by Crippen LogP contribution is 2.26. The van der Waals surface area contributed by atoms with E-state index in [1.807, 2.05) is 48.5 Å². The van der Waals surface area contributed by atoms with Gasteiger partial charge in [-0.05, 0) is 6.07 Å². The maximum atomic E-state index is 13.2. The first-order valence-electron chi connectivity index (χ1n) is 9.00. The molecule has 1 amide bonds. The van der Waals surface area contributed by atoms with E-state index >= 15 is 0 Å². The van der Waals surface area contributed by atoms with E-state index in [0.29, 0.717) is 30.0 Å². The summed E-state index contributed by atoms with van der Waals surface area (Å²) in [5, 5.41) is 0.735. The largest absolute Gasteiger partial charge is 0.328 e. The number of benzene rings is 2. The number of amides is 1. The molecule has 6 heteroatoms. The van der Waals surface area contributed by atoms with Gasteiger partial charge in [0.1, 0.15) is 0 Å². The van der Waals surface area contributed by atoms with E-state index in [1.54, 1.807) is 17.2 Å². The predicted molar refractivity (Wildman–Crippen MR) is 106 cm³/mol. The lowest BCUT2D eigenvalue weighted by atomic mass is 10.1. The van der Waals surface area contributed by atoms with Crippen molar-refractivity contribution in [2.24, 2.45) is 0 Å². The van der Waals surface area contributed by atoms with Crippen LogP contribution in [0.1, 0.15) is 21.6 Å². The molecular formula is C22H16N4O2. The molecule has 0 fully saturated rings. The van der Waals surface area contributed by atoms with Gasteiger partial charge in [-0.25, -0.2) is 9.97 Å². The Morgan fingerprint density at radius 3 is 2.64 bits per heavy atom. The number of pyridine rings is 1. The highest BCUT2D eigenvalue weighted by molar-refractivity contribution is 6.06. The third-order valence-corrected chi connectivity index (χ3v) is 4.96. The summed E-state index contributed by atoms with van der Waals surface area (Å²) in [6, 6.07) is 18.5. The summed E-state index contributed by atoms with van der Waals surface area (Å²) in [6.45, 7) is 0.835. The fourth-order valence-electron chi connectivity index (χ4n) is 3.58. The number of para-hydroxylation sites is 1. The van der Waals surface area contributed by atoms with Crippen LogP contribution < -0.4 is 5.56 Å². The number of hydrogen-bond acceptors (Lipinski definition) is 4. The number of hydrogen-bond donors (Lipinski definition) is 1. The van der Waals surface area contributed by atoms with Crippen molar-refractivity contribution in [3.63, 3.8) is 0 Å². The molecule has 0 aliphatic carbocycles. The standard InChI is InChI=1S/C22H16N4O2/c27-20-10-17(16-8-4-5-9-18(16)24-20)22(28)26-12-15-11-23-21(25-19(15)13-26)14-6-2-1-3-7-14/h1-11H,12-13H2,(H,24,27). The number of carbonyl (C=O) groups is 1. The number of rotatable bonds is 2. The summed E-state index contributed by atoms with van der Waals surface area (Å²) >= 11 is 0. The highest BCUT2D eigenvalue weighted by Gasteiger charge is 2.27. The van der Waals surface area contributed by atoms with Crippen LogP contribution in [0.25, 0.3) is 22.3 Å². The third-order valence-electron chi connectivity index (χ3n) is 4.96. The van der Waals surface area contributed by atoms with E-state index in [0.717, 1.165) is 22.2 Å². The van der Waals surface area contributed by atoms with Crippen molar-refractivity contribution in [1.82, 2.24) is 19.9 Å². The Labute approximate surface area is 160 Å². The van der Waals surface area contributed by atoms with Crippen molar-refractivity contribution >= 4 is 16.8 Å². The zero-order chi connectivity index (χ0) is 19.1. The molecule has 28 heavy (non-hydrogen) atoms. The molecule has 6 nitrogen and oxygen atoms in total. The van der Waals surface area contributed by atoms with Crippen molar-refractivity contribution in [2.75, 3.05) is 0 Å². The van der Waals surface area contributed by atoms with Gasteiger partial charge in [0.15, 0.2) is 5.82 Å². The molecule has 0 saturated heterocycles. The number of H-pyrrole nitrogens is 1. The first-order valence-corrected chi connectivity index (χ1v) is 9.00. The number of nitrogens with zero attached hydrogens (tertiary/aromatic N) is 3. The van der Waals surface area contributed by atoms with Crippen LogP contribution in [0.3, 0.4) is 0 Å². The average Bonchev–Trinajstić information content (AvgIpc) is 3.16. The molecule has 1 aliphatic rings. The quantitative estimate of drug-likeness (QED) is 0.590. The van der Waals surface area contributed by atoms with Crippen molar-refractivity contribution in [3.05, 3.63) is 94.0 Å². The first-order chi connectivity index (χ1) is 13.7. The van der Waals surface area contributed by atoms with Gasteiger partial charge in [-0.3, -0.25) is 9.59 Å². The minimum absolute atomic E-state index is 0.179. The molecule has 0 spiro atoms. The van der Waals surface area contributed by atoms with Crippen molar-refractivity contribution in [2.45, 2.75) is 13.1 Å². The molecule has 0 atom stereocenters. The maximum absolute atomic E-state index is 13.2. The van der Waals surface area contributed by atoms with Gasteiger partial charge < -0.3 is 9.88 Å². The normalized spacial score (nSPS) is 12.9. The lowest BCUT2D eigenvalue weighted by Gasteiger charge is -2.16. The topological polar surface area (TPSA) is 79.0 Å². The smallest absolute Gasteiger partial charge is 0.255 e. The predicted octanol–water partition coefficient (Wildman–Crippen LogP) is 3.14. The molecule has 0 saturated carbocycles. The number of aromatic amines is 1. The van der Waals surface area contributed by atoms with Gasteiger partial charge in [-0.15, -0.1) is 0 Å². The van der Waals surface area contributed by atoms with Gasteiger partial charge in [0.2, 0.25) is 5.56 Å². The van der Waals surface area contributed by atoms with E-state index in [2.05, 4.69) is 15.0 Å². The monoisotopic (exact) mass is 368 g/mol. The second-order valence-electron chi connectivity index (χ2n) is 6.79. The van der Waals surface area contributed by atoms with Gasteiger partial charge in [-0.2, -0.15) is 0 Å². The fraction of sp³-hybridized carbons (Fsp3) is 0.0909. The first kappa shape index (κ1) is 16.4. The Bertz CT molecular complexity index is 1260. The number of aromatic nitrogens is 3. The van der Waals surface area contributed by atoms with E-state index in [1.165, 1.54) is 6.07 Å². The average molecular weight is 368 g/mol. The Morgan fingerprint density at radius 1 is 1.00 bits per heavy atom. The Balaban J connectivity index is 1.49. The van der Waals surface area contributed by atoms with Gasteiger partial charge in [0.25, 0.3) is 5.91 Å². The van der Waals surface area contributed by atoms with Crippen LogP contribution >= 0.6 is 0 Å². The molecule has 0 unspecified atom stereocenters. The van der Waals surface area contributed by atoms with Gasteiger partial charge in [0, 0.05) is 40.8 Å². The fourth-order valence-corrected chi connectivity index (χ4v) is 3.58. The third kappa shape index (κ3) is 2.75. The minimum atomic E-state index is -0.287. The molecule has 0 radical (unpaired) electrons. The summed E-state index contributed by atoms with van der Waals surface area (Å²) in [4.78, 5) is 38.7. The molecule has 3 heterocycles. The molecule has 5 rings (SSSR count). The number of nitrogens with one attached hydrogen (secondary N) is 1. The molecule has 1 aliphatic heterocycles. The zero-order valence-corrected chi connectivity index (χ0v) is 14.9. The summed E-state index contributed by atoms with van der Waals surface area (Å²) in [5.41, 5.74) is 3.49. The number of fused-ring (bicyclic) bond motifs is 2. The lowest BCUT2D eigenvalue weighted by molar-refractivity contribution is 0.0752. The molecular weight excluding hydrogens is 352 g/mol. The molecule has 1 N–H and O–H groups in total. The maximum Gasteiger partial charge on any atom is 0.255 e. The van der Waals surface area contributed by atoms with Gasteiger partial charge in [-0.1, -0.05) is 48.5 Å². The van der Waals surface area contributed by atoms with Crippen LogP contribution in [0.2, 0.25) is 0 Å². The Morgan fingerprint density at radius 2 is 1.79 bits per heavy atom. The van der Waals surface area contributed by atoms with E-state index in [9.17, 15) is 9.59 Å². The zero-order valence-electron chi connectivity index (χ0n) is 14.9. The number of carbonyl (C=O) groups excluding carboxylic acids is 1. The van der Waals surface area contributed by atoms with E-state index in [-0.39, 0.29) is 11.5 Å². The van der Waals surface area contributed by atoms with Crippen LogP contribution in [0.4, 0.5) is 0 Å². The molecule has 4 aromatic rings. The van der Waals surface area contributed by atoms with Gasteiger partial charge >= 0.3 is 0 Å². The minimum Gasteiger partial charge on any atom is -0.328 e. The Hall–Kier alpha value is -3.80. The van der Waals surface area contributed by atoms with E-state index in [4.69, 9.17) is 0 Å². The summed E-state index contributed by atoms with van der Waals surface area (Å²) in [6.07, 6.45) is 1.79. The SMILES string of the molecule is O=C(c1cc(=O)[nH]c2ccccc12)N1Cc2cnc(-c3ccccc3)nc2C1. The second-order valence-corrected chi connectivity index (χ2v) is 6.79. The van der Waals surface area contributed by atoms with E-state index < -0.39 is 0 Å². The molecule has 2 aromatic heterocycles. The Kier molecular flexibility index (Phi) is 3.76. The molecule has 136 valence electrons. The van der Waals surface area contributed by atoms with Crippen molar-refractivity contribution < 1.29 is 4.79 Å². The van der Waals surface area contributed by atoms with Crippen LogP contribution in [-0.4, -0.2) is 25.8 Å². The van der Waals surface area contributed by atoms with Crippen molar-refractivity contribution in [1.29, 1.82) is 0 Å². The van der Waals surface area contributed by atoms with Crippen LogP contribution in [0.15, 0.2) is 71.7 Å². The second kappa shape index (κ2) is 6.42. The van der Waals surface area contributed by atoms with Crippen LogP contribution in [0.5, 0.6) is 0 Å². The summed E-state index contributed by atoms with van der Waals surface area (Å²) in [5.74, 6) is 0.469. The summed E-state index contributed by atoms with van der Waals surface area (Å²) < 4.78 is 0. The van der Waals surface area contributed by atoms with Crippen LogP contribution in [0, 0.1) is 0 Å². The molecule has 2 aromatic carbocycles. The highest BCUT2D eigenvalue weighted by atomic mass is 16.2. The van der Waals surface area contributed by atoms with Gasteiger partial charge in [0.05, 0.1) is 17.8 Å². The summed E-state index contributed by atoms with van der Waals surface area (Å²) in [7, 11) is 0. The lowest BCUT2D eigenvalue weighted by Crippen LogP contribution is -2.27. The molecule has 0 bridgehead atoms.